The van der Waals surface area contributed by atoms with E-state index in [0.29, 0.717) is 22.9 Å². The number of nitrogens with zero attached hydrogens (tertiary/aromatic N) is 8. The average molecular weight is 515 g/mol. The van der Waals surface area contributed by atoms with Crippen molar-refractivity contribution in [1.82, 2.24) is 40.1 Å². The van der Waals surface area contributed by atoms with Gasteiger partial charge in [-0.3, -0.25) is 9.97 Å². The number of fused-ring (bicyclic) bond motifs is 4. The predicted octanol–water partition coefficient (Wildman–Crippen LogP) is 6.46. The van der Waals surface area contributed by atoms with Crippen LogP contribution in [0.2, 0.25) is 0 Å². The molecule has 0 amide bonds. The van der Waals surface area contributed by atoms with Gasteiger partial charge in [0.15, 0.2) is 5.82 Å². The standard InChI is InChI=1S/C32H18N8/c1-2-8-20-19(7-1)17-35-40-30(20)21-9-5-12-26-29(21)31(27-15-14-23-25(36-27)13-6-16-33-23)39-32(38-26)28-18-34-22-10-3-4-11-24(22)37-28/h1-18H. The number of hydrogen-bond donors (Lipinski definition) is 0. The number of benzene rings is 3. The lowest BCUT2D eigenvalue weighted by Gasteiger charge is -2.13. The van der Waals surface area contributed by atoms with E-state index in [4.69, 9.17) is 19.9 Å². The van der Waals surface area contributed by atoms with Crippen LogP contribution in [0.5, 0.6) is 0 Å². The third-order valence-electron chi connectivity index (χ3n) is 6.93. The molecule has 0 bridgehead atoms. The lowest BCUT2D eigenvalue weighted by molar-refractivity contribution is 1.06. The van der Waals surface area contributed by atoms with E-state index in [9.17, 15) is 0 Å². The highest BCUT2D eigenvalue weighted by Crippen LogP contribution is 2.37. The SMILES string of the molecule is c1ccc2c(-c3cccc4nc(-c5cnc6ccccc6n5)nc(-c5ccc6ncccc6n5)c34)nncc2c1. The van der Waals surface area contributed by atoms with Gasteiger partial charge in [0.1, 0.15) is 17.1 Å². The van der Waals surface area contributed by atoms with Gasteiger partial charge in [-0.25, -0.2) is 19.9 Å². The Morgan fingerprint density at radius 3 is 2.20 bits per heavy atom. The highest BCUT2D eigenvalue weighted by molar-refractivity contribution is 6.08. The molecule has 0 radical (unpaired) electrons. The fraction of sp³-hybridized carbons (Fsp3) is 0. The first-order valence-electron chi connectivity index (χ1n) is 12.8. The Bertz CT molecular complexity index is 2240. The van der Waals surface area contributed by atoms with Crippen molar-refractivity contribution in [3.05, 3.63) is 110 Å². The Morgan fingerprint density at radius 1 is 0.475 bits per heavy atom. The van der Waals surface area contributed by atoms with E-state index in [2.05, 4.69) is 26.2 Å². The summed E-state index contributed by atoms with van der Waals surface area (Å²) in [4.78, 5) is 28.8. The molecule has 5 heterocycles. The van der Waals surface area contributed by atoms with Crippen LogP contribution in [0.4, 0.5) is 0 Å². The smallest absolute Gasteiger partial charge is 0.181 e. The molecule has 0 saturated carbocycles. The van der Waals surface area contributed by atoms with Crippen molar-refractivity contribution in [3.8, 4) is 34.2 Å². The van der Waals surface area contributed by atoms with Gasteiger partial charge in [0.25, 0.3) is 0 Å². The minimum atomic E-state index is 0.468. The molecule has 3 aromatic carbocycles. The molecule has 0 unspecified atom stereocenters. The van der Waals surface area contributed by atoms with E-state index in [1.54, 1.807) is 18.6 Å². The van der Waals surface area contributed by atoms with Crippen molar-refractivity contribution < 1.29 is 0 Å². The normalized spacial score (nSPS) is 11.5. The first-order chi connectivity index (χ1) is 19.8. The second kappa shape index (κ2) is 8.92. The van der Waals surface area contributed by atoms with Crippen molar-refractivity contribution in [1.29, 1.82) is 0 Å². The Labute approximate surface area is 227 Å². The van der Waals surface area contributed by atoms with E-state index in [0.717, 1.165) is 55.0 Å². The first kappa shape index (κ1) is 22.2. The van der Waals surface area contributed by atoms with Gasteiger partial charge in [0.05, 0.1) is 45.7 Å². The molecule has 186 valence electrons. The Balaban J connectivity index is 1.45. The number of aromatic nitrogens is 8. The fourth-order valence-electron chi connectivity index (χ4n) is 5.06. The summed E-state index contributed by atoms with van der Waals surface area (Å²) in [6.45, 7) is 0. The molecule has 40 heavy (non-hydrogen) atoms. The van der Waals surface area contributed by atoms with Crippen LogP contribution in [0.25, 0.3) is 77.9 Å². The number of rotatable bonds is 3. The molecule has 8 aromatic rings. The van der Waals surface area contributed by atoms with Crippen LogP contribution in [0.1, 0.15) is 0 Å². The van der Waals surface area contributed by atoms with Crippen molar-refractivity contribution in [2.24, 2.45) is 0 Å². The Morgan fingerprint density at radius 2 is 1.25 bits per heavy atom. The summed E-state index contributed by atoms with van der Waals surface area (Å²) < 4.78 is 0. The summed E-state index contributed by atoms with van der Waals surface area (Å²) in [7, 11) is 0. The highest BCUT2D eigenvalue weighted by atomic mass is 15.1. The first-order valence-corrected chi connectivity index (χ1v) is 12.8. The van der Waals surface area contributed by atoms with Crippen LogP contribution < -0.4 is 0 Å². The quantitative estimate of drug-likeness (QED) is 0.265. The molecule has 8 heteroatoms. The maximum absolute atomic E-state index is 5.08. The van der Waals surface area contributed by atoms with Gasteiger partial charge in [-0.2, -0.15) is 5.10 Å². The van der Waals surface area contributed by atoms with Crippen LogP contribution in [-0.4, -0.2) is 40.1 Å². The molecule has 0 fully saturated rings. The second-order valence-corrected chi connectivity index (χ2v) is 9.36. The van der Waals surface area contributed by atoms with E-state index >= 15 is 0 Å². The topological polar surface area (TPSA) is 103 Å². The minimum Gasteiger partial charge on any atom is -0.255 e. The van der Waals surface area contributed by atoms with Crippen LogP contribution in [0.3, 0.4) is 0 Å². The number of hydrogen-bond acceptors (Lipinski definition) is 8. The Kier molecular flexibility index (Phi) is 4.96. The molecule has 0 atom stereocenters. The lowest BCUT2D eigenvalue weighted by Crippen LogP contribution is -2.01. The van der Waals surface area contributed by atoms with Crippen molar-refractivity contribution in [2.45, 2.75) is 0 Å². The van der Waals surface area contributed by atoms with Gasteiger partial charge < -0.3 is 0 Å². The zero-order chi connectivity index (χ0) is 26.5. The van der Waals surface area contributed by atoms with Crippen molar-refractivity contribution >= 4 is 43.7 Å². The van der Waals surface area contributed by atoms with Crippen LogP contribution in [0.15, 0.2) is 110 Å². The van der Waals surface area contributed by atoms with Gasteiger partial charge in [0, 0.05) is 27.9 Å². The van der Waals surface area contributed by atoms with Crippen LogP contribution in [-0.2, 0) is 0 Å². The van der Waals surface area contributed by atoms with E-state index in [-0.39, 0.29) is 0 Å². The third-order valence-corrected chi connectivity index (χ3v) is 6.93. The fourth-order valence-corrected chi connectivity index (χ4v) is 5.06. The summed E-state index contributed by atoms with van der Waals surface area (Å²) in [5.74, 6) is 0.468. The molecular weight excluding hydrogens is 496 g/mol. The molecular formula is C32H18N8. The van der Waals surface area contributed by atoms with Crippen molar-refractivity contribution in [2.75, 3.05) is 0 Å². The minimum absolute atomic E-state index is 0.468. The maximum Gasteiger partial charge on any atom is 0.181 e. The maximum atomic E-state index is 5.08. The van der Waals surface area contributed by atoms with Crippen LogP contribution in [0, 0.1) is 0 Å². The molecule has 5 aromatic heterocycles. The lowest BCUT2D eigenvalue weighted by atomic mass is 9.98. The van der Waals surface area contributed by atoms with E-state index < -0.39 is 0 Å². The van der Waals surface area contributed by atoms with Crippen molar-refractivity contribution in [3.63, 3.8) is 0 Å². The molecule has 0 aliphatic carbocycles. The molecule has 0 spiro atoms. The summed E-state index contributed by atoms with van der Waals surface area (Å²) in [5, 5.41) is 11.7. The molecule has 0 aliphatic rings. The monoisotopic (exact) mass is 514 g/mol. The largest absolute Gasteiger partial charge is 0.255 e. The molecule has 0 saturated heterocycles. The summed E-state index contributed by atoms with van der Waals surface area (Å²) in [6, 6.07) is 29.6. The van der Waals surface area contributed by atoms with Gasteiger partial charge in [-0.05, 0) is 42.5 Å². The summed E-state index contributed by atoms with van der Waals surface area (Å²) in [5.41, 5.74) is 7.51. The highest BCUT2D eigenvalue weighted by Gasteiger charge is 2.20. The Hall–Kier alpha value is -5.76. The zero-order valence-electron chi connectivity index (χ0n) is 21.0. The number of para-hydroxylation sites is 2. The molecule has 8 rings (SSSR count). The third kappa shape index (κ3) is 3.62. The average Bonchev–Trinajstić information content (AvgIpc) is 3.03. The zero-order valence-corrected chi connectivity index (χ0v) is 21.0. The summed E-state index contributed by atoms with van der Waals surface area (Å²) >= 11 is 0. The predicted molar refractivity (Wildman–Crippen MR) is 155 cm³/mol. The van der Waals surface area contributed by atoms with E-state index in [1.165, 1.54) is 0 Å². The second-order valence-electron chi connectivity index (χ2n) is 9.36. The van der Waals surface area contributed by atoms with Gasteiger partial charge >= 0.3 is 0 Å². The van der Waals surface area contributed by atoms with Gasteiger partial charge in [-0.1, -0.05) is 48.5 Å². The number of pyridine rings is 2. The summed E-state index contributed by atoms with van der Waals surface area (Å²) in [6.07, 6.45) is 5.25. The van der Waals surface area contributed by atoms with E-state index in [1.807, 2.05) is 84.9 Å². The molecule has 0 aliphatic heterocycles. The molecule has 8 nitrogen and oxygen atoms in total. The van der Waals surface area contributed by atoms with Crippen LogP contribution >= 0.6 is 0 Å². The molecule has 0 N–H and O–H groups in total. The van der Waals surface area contributed by atoms with Gasteiger partial charge in [-0.15, -0.1) is 5.10 Å². The van der Waals surface area contributed by atoms with Gasteiger partial charge in [0.2, 0.25) is 0 Å².